The zero-order valence-electron chi connectivity index (χ0n) is 20.6. The highest BCUT2D eigenvalue weighted by molar-refractivity contribution is 6.03. The molecule has 3 rings (SSSR count). The summed E-state index contributed by atoms with van der Waals surface area (Å²) in [7, 11) is 0. The summed E-state index contributed by atoms with van der Waals surface area (Å²) in [6.45, 7) is 7.83. The average Bonchev–Trinajstić information content (AvgIpc) is 3.58. The van der Waals surface area contributed by atoms with Crippen LogP contribution in [0.3, 0.4) is 0 Å². The first-order chi connectivity index (χ1) is 17.0. The zero-order valence-corrected chi connectivity index (χ0v) is 20.6. The summed E-state index contributed by atoms with van der Waals surface area (Å²) >= 11 is 0. The first kappa shape index (κ1) is 27.2. The SMILES string of the molecule is CC1CC(=O)N(Cc2cn(CCOCCOCCOCCOCCC(=O)N3CCCC3)nn2)C1=O. The van der Waals surface area contributed by atoms with Crippen molar-refractivity contribution >= 4 is 17.7 Å². The maximum atomic E-state index is 12.0. The van der Waals surface area contributed by atoms with Crippen LogP contribution in [0.2, 0.25) is 0 Å². The Bertz CT molecular complexity index is 812. The van der Waals surface area contributed by atoms with Crippen molar-refractivity contribution in [2.75, 3.05) is 65.9 Å². The second-order valence-electron chi connectivity index (χ2n) is 8.68. The van der Waals surface area contributed by atoms with Crippen LogP contribution in [-0.4, -0.2) is 108 Å². The first-order valence-corrected chi connectivity index (χ1v) is 12.4. The van der Waals surface area contributed by atoms with Crippen LogP contribution in [0.15, 0.2) is 6.20 Å². The van der Waals surface area contributed by atoms with Crippen LogP contribution >= 0.6 is 0 Å². The van der Waals surface area contributed by atoms with Crippen molar-refractivity contribution in [2.24, 2.45) is 5.92 Å². The molecule has 0 N–H and O–H groups in total. The molecule has 0 bridgehead atoms. The predicted molar refractivity (Wildman–Crippen MR) is 123 cm³/mol. The van der Waals surface area contributed by atoms with Crippen LogP contribution in [0.1, 0.15) is 38.3 Å². The van der Waals surface area contributed by atoms with Crippen molar-refractivity contribution in [3.8, 4) is 0 Å². The molecule has 0 spiro atoms. The standard InChI is InChI=1S/C23H37N5O7/c1-19-16-22(30)28(23(19)31)18-20-17-27(25-24-20)7-9-33-11-13-35-15-14-34-12-10-32-8-4-21(29)26-5-2-3-6-26/h17,19H,2-16,18H2,1H3. The summed E-state index contributed by atoms with van der Waals surface area (Å²) < 4.78 is 23.5. The van der Waals surface area contributed by atoms with Gasteiger partial charge in [0.15, 0.2) is 0 Å². The highest BCUT2D eigenvalue weighted by Gasteiger charge is 2.35. The minimum absolute atomic E-state index is 0.156. The van der Waals surface area contributed by atoms with E-state index in [2.05, 4.69) is 10.3 Å². The lowest BCUT2D eigenvalue weighted by atomic mass is 10.1. The van der Waals surface area contributed by atoms with Gasteiger partial charge in [-0.3, -0.25) is 19.3 Å². The zero-order chi connectivity index (χ0) is 24.9. The molecule has 12 nitrogen and oxygen atoms in total. The molecule has 0 radical (unpaired) electrons. The molecular formula is C23H37N5O7. The van der Waals surface area contributed by atoms with E-state index < -0.39 is 0 Å². The third-order valence-electron chi connectivity index (χ3n) is 5.88. The number of ether oxygens (including phenoxy) is 4. The summed E-state index contributed by atoms with van der Waals surface area (Å²) in [5.74, 6) is -0.415. The number of aromatic nitrogens is 3. The van der Waals surface area contributed by atoms with Gasteiger partial charge in [-0.2, -0.15) is 0 Å². The molecule has 1 atom stereocenters. The molecule has 0 aromatic carbocycles. The summed E-state index contributed by atoms with van der Waals surface area (Å²) in [6.07, 6.45) is 4.61. The molecule has 2 saturated heterocycles. The van der Waals surface area contributed by atoms with Crippen molar-refractivity contribution in [1.82, 2.24) is 24.8 Å². The third kappa shape index (κ3) is 9.28. The van der Waals surface area contributed by atoms with E-state index in [4.69, 9.17) is 18.9 Å². The van der Waals surface area contributed by atoms with Crippen molar-refractivity contribution < 1.29 is 33.3 Å². The number of carbonyl (C=O) groups is 3. The van der Waals surface area contributed by atoms with Gasteiger partial charge in [0.25, 0.3) is 0 Å². The van der Waals surface area contributed by atoms with Gasteiger partial charge in [0, 0.05) is 25.4 Å². The highest BCUT2D eigenvalue weighted by Crippen LogP contribution is 2.20. The number of nitrogens with zero attached hydrogens (tertiary/aromatic N) is 5. The van der Waals surface area contributed by atoms with Gasteiger partial charge in [0.2, 0.25) is 17.7 Å². The van der Waals surface area contributed by atoms with Crippen LogP contribution < -0.4 is 0 Å². The maximum Gasteiger partial charge on any atom is 0.232 e. The van der Waals surface area contributed by atoms with E-state index in [1.165, 1.54) is 4.90 Å². The molecule has 0 saturated carbocycles. The minimum Gasteiger partial charge on any atom is -0.379 e. The van der Waals surface area contributed by atoms with Crippen molar-refractivity contribution in [1.29, 1.82) is 0 Å². The van der Waals surface area contributed by atoms with Gasteiger partial charge < -0.3 is 23.8 Å². The molecule has 1 unspecified atom stereocenters. The predicted octanol–water partition coefficient (Wildman–Crippen LogP) is 0.252. The molecule has 3 heterocycles. The van der Waals surface area contributed by atoms with Crippen molar-refractivity contribution in [3.05, 3.63) is 11.9 Å². The Morgan fingerprint density at radius 3 is 2.14 bits per heavy atom. The summed E-state index contributed by atoms with van der Waals surface area (Å²) in [6, 6.07) is 0. The smallest absolute Gasteiger partial charge is 0.232 e. The van der Waals surface area contributed by atoms with Crippen molar-refractivity contribution in [3.63, 3.8) is 0 Å². The van der Waals surface area contributed by atoms with E-state index in [1.807, 2.05) is 4.90 Å². The van der Waals surface area contributed by atoms with Crippen LogP contribution in [0.5, 0.6) is 0 Å². The number of carbonyl (C=O) groups excluding carboxylic acids is 3. The van der Waals surface area contributed by atoms with Crippen LogP contribution in [0.4, 0.5) is 0 Å². The number of hydrogen-bond donors (Lipinski definition) is 0. The Hall–Kier alpha value is -2.41. The summed E-state index contributed by atoms with van der Waals surface area (Å²) in [5, 5.41) is 8.03. The molecule has 1 aromatic rings. The van der Waals surface area contributed by atoms with E-state index in [0.717, 1.165) is 25.9 Å². The molecule has 2 aliphatic heterocycles. The maximum absolute atomic E-state index is 12.0. The molecule has 3 amide bonds. The van der Waals surface area contributed by atoms with Gasteiger partial charge in [-0.25, -0.2) is 4.68 Å². The lowest BCUT2D eigenvalue weighted by Gasteiger charge is -2.14. The van der Waals surface area contributed by atoms with E-state index in [-0.39, 0.29) is 36.6 Å². The molecule has 0 aliphatic carbocycles. The van der Waals surface area contributed by atoms with Crippen molar-refractivity contribution in [2.45, 2.75) is 45.7 Å². The van der Waals surface area contributed by atoms with Crippen LogP contribution in [0, 0.1) is 5.92 Å². The largest absolute Gasteiger partial charge is 0.379 e. The van der Waals surface area contributed by atoms with Gasteiger partial charge in [0.1, 0.15) is 5.69 Å². The van der Waals surface area contributed by atoms with Gasteiger partial charge in [-0.15, -0.1) is 5.10 Å². The Kier molecular flexibility index (Phi) is 11.5. The van der Waals surface area contributed by atoms with E-state index >= 15 is 0 Å². The Morgan fingerprint density at radius 2 is 1.54 bits per heavy atom. The molecular weight excluding hydrogens is 458 g/mol. The van der Waals surface area contributed by atoms with Gasteiger partial charge in [0.05, 0.1) is 78.6 Å². The lowest BCUT2D eigenvalue weighted by Crippen LogP contribution is -2.29. The number of rotatable bonds is 17. The average molecular weight is 496 g/mol. The third-order valence-corrected chi connectivity index (χ3v) is 5.88. The normalized spacial score (nSPS) is 18.3. The molecule has 12 heteroatoms. The Morgan fingerprint density at radius 1 is 0.943 bits per heavy atom. The lowest BCUT2D eigenvalue weighted by molar-refractivity contribution is -0.140. The van der Waals surface area contributed by atoms with E-state index in [1.54, 1.807) is 17.8 Å². The first-order valence-electron chi connectivity index (χ1n) is 12.4. The Balaban J connectivity index is 1.09. The number of amides is 3. The second kappa shape index (κ2) is 14.9. The second-order valence-corrected chi connectivity index (χ2v) is 8.68. The van der Waals surface area contributed by atoms with E-state index in [0.29, 0.717) is 71.5 Å². The number of hydrogen-bond acceptors (Lipinski definition) is 9. The fourth-order valence-electron chi connectivity index (χ4n) is 3.90. The highest BCUT2D eigenvalue weighted by atomic mass is 16.6. The number of imide groups is 1. The summed E-state index contributed by atoms with van der Waals surface area (Å²) in [4.78, 5) is 38.9. The van der Waals surface area contributed by atoms with Crippen LogP contribution in [0.25, 0.3) is 0 Å². The molecule has 196 valence electrons. The Labute approximate surface area is 205 Å². The molecule has 2 fully saturated rings. The monoisotopic (exact) mass is 495 g/mol. The topological polar surface area (TPSA) is 125 Å². The van der Waals surface area contributed by atoms with Gasteiger partial charge in [-0.05, 0) is 12.8 Å². The quantitative estimate of drug-likeness (QED) is 0.221. The van der Waals surface area contributed by atoms with Crippen LogP contribution in [-0.2, 0) is 46.4 Å². The fraction of sp³-hybridized carbons (Fsp3) is 0.783. The molecule has 2 aliphatic rings. The summed E-state index contributed by atoms with van der Waals surface area (Å²) in [5.41, 5.74) is 0.574. The number of likely N-dealkylation sites (tertiary alicyclic amines) is 2. The molecule has 1 aromatic heterocycles. The van der Waals surface area contributed by atoms with E-state index in [9.17, 15) is 14.4 Å². The minimum atomic E-state index is -0.263. The van der Waals surface area contributed by atoms with Gasteiger partial charge in [-0.1, -0.05) is 12.1 Å². The fourth-order valence-corrected chi connectivity index (χ4v) is 3.90. The van der Waals surface area contributed by atoms with Gasteiger partial charge >= 0.3 is 0 Å². The molecule has 35 heavy (non-hydrogen) atoms.